The third-order valence-corrected chi connectivity index (χ3v) is 14.0. The van der Waals surface area contributed by atoms with Crippen LogP contribution in [0.4, 0.5) is 0 Å². The molecule has 1 aliphatic rings. The van der Waals surface area contributed by atoms with Crippen LogP contribution in [0.5, 0.6) is 0 Å². The molecule has 0 spiro atoms. The number of rotatable bonds is 1. The summed E-state index contributed by atoms with van der Waals surface area (Å²) in [5.41, 5.74) is 1.45. The standard InChI is InChI=1S/C22H30NSi2/c1-7-20-18-15-19-16(14-17(18)10-11-23(20)2)8-9-21-22(19)25(5,6)13-12-24(21,3)4/h8-11,14-15H,7,12-13H2,1-6H3/q+1. The molecule has 2 aromatic carbocycles. The lowest BCUT2D eigenvalue weighted by atomic mass is 10.0. The quantitative estimate of drug-likeness (QED) is 0.346. The first-order chi connectivity index (χ1) is 11.7. The minimum atomic E-state index is -1.37. The Bertz CT molecular complexity index is 1000. The molecule has 1 aliphatic heterocycles. The number of aryl methyl sites for hydroxylation is 2. The molecule has 1 nitrogen and oxygen atoms in total. The van der Waals surface area contributed by atoms with Crippen LogP contribution in [0, 0.1) is 0 Å². The average Bonchev–Trinajstić information content (AvgIpc) is 2.56. The monoisotopic (exact) mass is 364 g/mol. The maximum absolute atomic E-state index is 2.59. The molecule has 0 amide bonds. The zero-order chi connectivity index (χ0) is 18.0. The molecule has 25 heavy (non-hydrogen) atoms. The van der Waals surface area contributed by atoms with Gasteiger partial charge in [-0.2, -0.15) is 0 Å². The van der Waals surface area contributed by atoms with E-state index in [-0.39, 0.29) is 0 Å². The number of benzene rings is 2. The van der Waals surface area contributed by atoms with Gasteiger partial charge in [-0.05, 0) is 28.3 Å². The summed E-state index contributed by atoms with van der Waals surface area (Å²) >= 11 is 0. The van der Waals surface area contributed by atoms with Crippen molar-refractivity contribution in [3.8, 4) is 0 Å². The highest BCUT2D eigenvalue weighted by molar-refractivity contribution is 7.04. The summed E-state index contributed by atoms with van der Waals surface area (Å²) in [5, 5.41) is 9.36. The van der Waals surface area contributed by atoms with Crippen LogP contribution in [0.3, 0.4) is 0 Å². The molecular weight excluding hydrogens is 334 g/mol. The molecule has 0 N–H and O–H groups in total. The van der Waals surface area contributed by atoms with E-state index < -0.39 is 16.1 Å². The van der Waals surface area contributed by atoms with Gasteiger partial charge in [-0.25, -0.2) is 4.57 Å². The number of fused-ring (bicyclic) bond motifs is 4. The van der Waals surface area contributed by atoms with Crippen molar-refractivity contribution in [2.45, 2.75) is 51.6 Å². The van der Waals surface area contributed by atoms with Crippen LogP contribution in [0.1, 0.15) is 12.6 Å². The smallest absolute Gasteiger partial charge is 0.188 e. The molecule has 0 fully saturated rings. The highest BCUT2D eigenvalue weighted by atomic mass is 28.3. The lowest BCUT2D eigenvalue weighted by Gasteiger charge is -2.40. The molecule has 0 aliphatic carbocycles. The Balaban J connectivity index is 2.16. The van der Waals surface area contributed by atoms with Gasteiger partial charge in [0.25, 0.3) is 0 Å². The van der Waals surface area contributed by atoms with Crippen LogP contribution in [-0.2, 0) is 13.5 Å². The van der Waals surface area contributed by atoms with Crippen molar-refractivity contribution in [1.29, 1.82) is 0 Å². The number of pyridine rings is 1. The Labute approximate surface area is 153 Å². The second-order valence-electron chi connectivity index (χ2n) is 9.14. The van der Waals surface area contributed by atoms with Crippen LogP contribution in [0.25, 0.3) is 21.5 Å². The molecule has 0 unspecified atom stereocenters. The lowest BCUT2D eigenvalue weighted by molar-refractivity contribution is -0.677. The van der Waals surface area contributed by atoms with Gasteiger partial charge in [0.15, 0.2) is 11.9 Å². The van der Waals surface area contributed by atoms with E-state index in [4.69, 9.17) is 0 Å². The molecule has 3 aromatic rings. The summed E-state index contributed by atoms with van der Waals surface area (Å²) < 4.78 is 2.30. The minimum Gasteiger partial charge on any atom is -0.205 e. The van der Waals surface area contributed by atoms with Crippen molar-refractivity contribution in [2.75, 3.05) is 0 Å². The van der Waals surface area contributed by atoms with Gasteiger partial charge in [0.1, 0.15) is 7.05 Å². The van der Waals surface area contributed by atoms with Gasteiger partial charge < -0.3 is 0 Å². The SMILES string of the molecule is CCc1c2cc3c4c(ccc3cc2cc[n+]1C)[Si](C)(C)CC[Si]4(C)C. The molecule has 3 heteroatoms. The molecule has 2 heterocycles. The van der Waals surface area contributed by atoms with Gasteiger partial charge in [0.05, 0.1) is 16.1 Å². The normalized spacial score (nSPS) is 18.5. The van der Waals surface area contributed by atoms with E-state index in [0.29, 0.717) is 0 Å². The van der Waals surface area contributed by atoms with Crippen molar-refractivity contribution >= 4 is 48.1 Å². The average molecular weight is 365 g/mol. The minimum absolute atomic E-state index is 1.08. The summed E-state index contributed by atoms with van der Waals surface area (Å²) in [7, 11) is -0.475. The van der Waals surface area contributed by atoms with Crippen molar-refractivity contribution < 1.29 is 4.57 Å². The topological polar surface area (TPSA) is 3.88 Å². The van der Waals surface area contributed by atoms with Crippen molar-refractivity contribution in [3.63, 3.8) is 0 Å². The van der Waals surface area contributed by atoms with Gasteiger partial charge in [-0.1, -0.05) is 67.7 Å². The van der Waals surface area contributed by atoms with Gasteiger partial charge in [0.2, 0.25) is 0 Å². The van der Waals surface area contributed by atoms with E-state index in [1.54, 1.807) is 15.8 Å². The molecule has 0 bridgehead atoms. The second kappa shape index (κ2) is 5.52. The summed E-state index contributed by atoms with van der Waals surface area (Å²) in [5.74, 6) is 0. The van der Waals surface area contributed by atoms with E-state index in [1.807, 2.05) is 0 Å². The largest absolute Gasteiger partial charge is 0.205 e. The molecular formula is C22H30NSi2+. The lowest BCUT2D eigenvalue weighted by Crippen LogP contribution is -2.63. The fourth-order valence-electron chi connectivity index (χ4n) is 4.87. The maximum atomic E-state index is 2.59. The Morgan fingerprint density at radius 3 is 2.28 bits per heavy atom. The number of hydrogen-bond donors (Lipinski definition) is 0. The second-order valence-corrected chi connectivity index (χ2v) is 18.7. The van der Waals surface area contributed by atoms with Crippen molar-refractivity contribution in [3.05, 3.63) is 42.2 Å². The van der Waals surface area contributed by atoms with Crippen LogP contribution in [0.15, 0.2) is 36.5 Å². The van der Waals surface area contributed by atoms with Crippen LogP contribution in [-0.4, -0.2) is 16.1 Å². The van der Waals surface area contributed by atoms with Crippen LogP contribution < -0.4 is 14.9 Å². The zero-order valence-corrected chi connectivity index (χ0v) is 18.5. The van der Waals surface area contributed by atoms with E-state index >= 15 is 0 Å². The first-order valence-electron chi connectivity index (χ1n) is 9.63. The highest BCUT2D eigenvalue weighted by Gasteiger charge is 2.40. The summed E-state index contributed by atoms with van der Waals surface area (Å²) in [6.45, 7) is 12.6. The fraction of sp³-hybridized carbons (Fsp3) is 0.409. The summed E-state index contributed by atoms with van der Waals surface area (Å²) in [6.07, 6.45) is 3.29. The fourth-order valence-corrected chi connectivity index (χ4v) is 15.5. The van der Waals surface area contributed by atoms with E-state index in [1.165, 1.54) is 33.9 Å². The highest BCUT2D eigenvalue weighted by Crippen LogP contribution is 2.31. The zero-order valence-electron chi connectivity index (χ0n) is 16.5. The Morgan fingerprint density at radius 1 is 0.880 bits per heavy atom. The Hall–Kier alpha value is -1.46. The van der Waals surface area contributed by atoms with Crippen LogP contribution >= 0.6 is 0 Å². The Morgan fingerprint density at radius 2 is 1.56 bits per heavy atom. The molecule has 0 saturated carbocycles. The third-order valence-electron chi connectivity index (χ3n) is 6.52. The number of aromatic nitrogens is 1. The van der Waals surface area contributed by atoms with Gasteiger partial charge in [0, 0.05) is 17.9 Å². The molecule has 0 radical (unpaired) electrons. The molecule has 4 rings (SSSR count). The van der Waals surface area contributed by atoms with Gasteiger partial charge in [-0.15, -0.1) is 0 Å². The third kappa shape index (κ3) is 2.51. The number of hydrogen-bond acceptors (Lipinski definition) is 0. The van der Waals surface area contributed by atoms with Crippen molar-refractivity contribution in [1.82, 2.24) is 0 Å². The predicted molar refractivity (Wildman–Crippen MR) is 116 cm³/mol. The first-order valence-corrected chi connectivity index (χ1v) is 16.0. The van der Waals surface area contributed by atoms with E-state index in [9.17, 15) is 0 Å². The summed E-state index contributed by atoms with van der Waals surface area (Å²) in [4.78, 5) is 0. The molecule has 1 aromatic heterocycles. The van der Waals surface area contributed by atoms with E-state index in [2.05, 4.69) is 81.3 Å². The van der Waals surface area contributed by atoms with Crippen molar-refractivity contribution in [2.24, 2.45) is 7.05 Å². The predicted octanol–water partition coefficient (Wildman–Crippen LogP) is 4.22. The molecule has 0 saturated heterocycles. The molecule has 130 valence electrons. The Kier molecular flexibility index (Phi) is 3.75. The van der Waals surface area contributed by atoms with Gasteiger partial charge >= 0.3 is 0 Å². The number of nitrogens with zero attached hydrogens (tertiary/aromatic N) is 1. The van der Waals surface area contributed by atoms with Crippen LogP contribution in [0.2, 0.25) is 38.3 Å². The molecule has 0 atom stereocenters. The first kappa shape index (κ1) is 17.0. The van der Waals surface area contributed by atoms with Gasteiger partial charge in [-0.3, -0.25) is 0 Å². The maximum Gasteiger partial charge on any atom is 0.188 e. The summed E-state index contributed by atoms with van der Waals surface area (Å²) in [6, 6.07) is 15.1. The van der Waals surface area contributed by atoms with E-state index in [0.717, 1.165) is 6.42 Å².